The minimum Gasteiger partial charge on any atom is -0.374 e. The summed E-state index contributed by atoms with van der Waals surface area (Å²) < 4.78 is 0. The lowest BCUT2D eigenvalue weighted by Crippen LogP contribution is -2.14. The van der Waals surface area contributed by atoms with Crippen molar-refractivity contribution in [2.75, 3.05) is 6.54 Å². The molecule has 0 radical (unpaired) electrons. The van der Waals surface area contributed by atoms with Crippen LogP contribution in [-0.2, 0) is 13.1 Å². The number of aliphatic hydroxyl groups is 1. The summed E-state index contributed by atoms with van der Waals surface area (Å²) >= 11 is 6.31. The summed E-state index contributed by atoms with van der Waals surface area (Å²) in [6.45, 7) is 4.79. The van der Waals surface area contributed by atoms with E-state index in [4.69, 9.17) is 11.6 Å². The van der Waals surface area contributed by atoms with E-state index in [9.17, 15) is 5.11 Å². The average molecular weight is 398 g/mol. The van der Waals surface area contributed by atoms with Crippen molar-refractivity contribution in [1.82, 2.24) is 15.6 Å². The van der Waals surface area contributed by atoms with Crippen LogP contribution >= 0.6 is 11.6 Å². The first-order chi connectivity index (χ1) is 13.7. The predicted octanol–water partition coefficient (Wildman–Crippen LogP) is 5.25. The molecule has 0 saturated heterocycles. The minimum absolute atomic E-state index is 0.595. The molecule has 4 nitrogen and oxygen atoms in total. The smallest absolute Gasteiger partial charge is 0.132 e. The van der Waals surface area contributed by atoms with E-state index in [1.165, 1.54) is 36.6 Å². The number of aromatic amines is 1. The number of unbranched alkanes of at least 4 members (excludes halogenated alkanes) is 3. The molecule has 1 aliphatic rings. The van der Waals surface area contributed by atoms with Gasteiger partial charge >= 0.3 is 0 Å². The number of hydrogen-bond donors (Lipinski definition) is 4. The Kier molecular flexibility index (Phi) is 6.02. The van der Waals surface area contributed by atoms with Gasteiger partial charge in [0.2, 0.25) is 0 Å². The predicted molar refractivity (Wildman–Crippen MR) is 116 cm³/mol. The molecule has 148 valence electrons. The molecule has 4 N–H and O–H groups in total. The number of aromatic nitrogens is 1. The number of rotatable bonds is 8. The van der Waals surface area contributed by atoms with Gasteiger partial charge in [0.15, 0.2) is 0 Å². The summed E-state index contributed by atoms with van der Waals surface area (Å²) in [6, 6.07) is 12.6. The fraction of sp³-hybridized carbons (Fsp3) is 0.391. The highest BCUT2D eigenvalue weighted by atomic mass is 35.5. The third-order valence-corrected chi connectivity index (χ3v) is 5.91. The quantitative estimate of drug-likeness (QED) is 0.392. The van der Waals surface area contributed by atoms with E-state index >= 15 is 0 Å². The summed E-state index contributed by atoms with van der Waals surface area (Å²) in [5.74, 6) is 0. The lowest BCUT2D eigenvalue weighted by atomic mass is 10.00. The molecule has 2 heterocycles. The molecule has 1 unspecified atom stereocenters. The van der Waals surface area contributed by atoms with Crippen LogP contribution in [0.1, 0.15) is 55.5 Å². The zero-order chi connectivity index (χ0) is 19.5. The Balaban J connectivity index is 1.53. The highest BCUT2D eigenvalue weighted by Gasteiger charge is 2.26. The molecule has 0 aliphatic carbocycles. The normalized spacial score (nSPS) is 16.0. The van der Waals surface area contributed by atoms with Crippen molar-refractivity contribution >= 4 is 22.5 Å². The molecule has 1 aliphatic heterocycles. The molecule has 0 saturated carbocycles. The van der Waals surface area contributed by atoms with E-state index in [-0.39, 0.29) is 0 Å². The Morgan fingerprint density at radius 3 is 2.89 bits per heavy atom. The van der Waals surface area contributed by atoms with Crippen molar-refractivity contribution in [1.29, 1.82) is 0 Å². The Morgan fingerprint density at radius 2 is 2.04 bits per heavy atom. The van der Waals surface area contributed by atoms with Crippen LogP contribution in [0.3, 0.4) is 0 Å². The number of aliphatic hydroxyl groups excluding tert-OH is 1. The summed E-state index contributed by atoms with van der Waals surface area (Å²) in [5, 5.41) is 18.8. The van der Waals surface area contributed by atoms with E-state index in [1.54, 1.807) is 0 Å². The van der Waals surface area contributed by atoms with Crippen molar-refractivity contribution in [2.45, 2.75) is 51.9 Å². The standard InChI is InChI=1S/C23H28ClN3O/c1-2-3-4-5-10-25-13-15-6-9-20-16(11-15)12-21(27-20)17-7-8-19(24)18-14-26-23(28)22(17)18/h6-9,11-12,23,25-28H,2-5,10,13-14H2,1H3. The Morgan fingerprint density at radius 1 is 1.14 bits per heavy atom. The topological polar surface area (TPSA) is 60.1 Å². The van der Waals surface area contributed by atoms with Gasteiger partial charge in [-0.25, -0.2) is 0 Å². The van der Waals surface area contributed by atoms with Crippen molar-refractivity contribution in [2.24, 2.45) is 0 Å². The monoisotopic (exact) mass is 397 g/mol. The highest BCUT2D eigenvalue weighted by molar-refractivity contribution is 6.31. The second-order valence-electron chi connectivity index (χ2n) is 7.61. The van der Waals surface area contributed by atoms with Gasteiger partial charge in [0, 0.05) is 45.8 Å². The summed E-state index contributed by atoms with van der Waals surface area (Å²) in [7, 11) is 0. The number of nitrogens with one attached hydrogen (secondary N) is 3. The summed E-state index contributed by atoms with van der Waals surface area (Å²) in [6.07, 6.45) is 4.45. The molecule has 0 bridgehead atoms. The van der Waals surface area contributed by atoms with Crippen LogP contribution in [-0.4, -0.2) is 16.6 Å². The first kappa shape index (κ1) is 19.5. The van der Waals surface area contributed by atoms with Crippen LogP contribution in [0.4, 0.5) is 0 Å². The van der Waals surface area contributed by atoms with Crippen LogP contribution in [0, 0.1) is 0 Å². The first-order valence-electron chi connectivity index (χ1n) is 10.2. The van der Waals surface area contributed by atoms with Gasteiger partial charge in [-0.05, 0) is 48.4 Å². The third kappa shape index (κ3) is 3.96. The Labute approximate surface area is 171 Å². The molecule has 4 rings (SSSR count). The number of halogens is 1. The lowest BCUT2D eigenvalue weighted by molar-refractivity contribution is 0.152. The second kappa shape index (κ2) is 8.66. The van der Waals surface area contributed by atoms with E-state index in [0.29, 0.717) is 11.6 Å². The number of fused-ring (bicyclic) bond motifs is 2. The fourth-order valence-electron chi connectivity index (χ4n) is 4.01. The molecule has 0 fully saturated rings. The van der Waals surface area contributed by atoms with Gasteiger partial charge in [-0.15, -0.1) is 0 Å². The number of hydrogen-bond acceptors (Lipinski definition) is 3. The van der Waals surface area contributed by atoms with Gasteiger partial charge in [-0.1, -0.05) is 49.9 Å². The van der Waals surface area contributed by atoms with E-state index in [0.717, 1.165) is 41.0 Å². The van der Waals surface area contributed by atoms with Crippen LogP contribution < -0.4 is 10.6 Å². The zero-order valence-corrected chi connectivity index (χ0v) is 17.1. The Bertz CT molecular complexity index is 966. The van der Waals surface area contributed by atoms with Crippen molar-refractivity contribution in [3.05, 3.63) is 58.1 Å². The first-order valence-corrected chi connectivity index (χ1v) is 10.6. The fourth-order valence-corrected chi connectivity index (χ4v) is 4.24. The molecule has 0 spiro atoms. The van der Waals surface area contributed by atoms with Gasteiger partial charge in [0.05, 0.1) is 0 Å². The Hall–Kier alpha value is -1.85. The van der Waals surface area contributed by atoms with Gasteiger partial charge in [-0.3, -0.25) is 5.32 Å². The van der Waals surface area contributed by atoms with Gasteiger partial charge in [-0.2, -0.15) is 0 Å². The average Bonchev–Trinajstić information content (AvgIpc) is 3.29. The summed E-state index contributed by atoms with van der Waals surface area (Å²) in [4.78, 5) is 3.50. The van der Waals surface area contributed by atoms with Crippen LogP contribution in [0.2, 0.25) is 5.02 Å². The van der Waals surface area contributed by atoms with Crippen molar-refractivity contribution in [3.8, 4) is 11.3 Å². The van der Waals surface area contributed by atoms with E-state index in [2.05, 4.69) is 46.8 Å². The maximum atomic E-state index is 10.3. The maximum Gasteiger partial charge on any atom is 0.132 e. The number of benzene rings is 2. The second-order valence-corrected chi connectivity index (χ2v) is 8.02. The molecular formula is C23H28ClN3O. The van der Waals surface area contributed by atoms with Crippen LogP contribution in [0.5, 0.6) is 0 Å². The van der Waals surface area contributed by atoms with Crippen molar-refractivity contribution < 1.29 is 5.11 Å². The molecular weight excluding hydrogens is 370 g/mol. The molecule has 2 aromatic carbocycles. The molecule has 28 heavy (non-hydrogen) atoms. The van der Waals surface area contributed by atoms with E-state index < -0.39 is 6.23 Å². The third-order valence-electron chi connectivity index (χ3n) is 5.56. The van der Waals surface area contributed by atoms with E-state index in [1.807, 2.05) is 12.1 Å². The van der Waals surface area contributed by atoms with Crippen molar-refractivity contribution in [3.63, 3.8) is 0 Å². The van der Waals surface area contributed by atoms with Gasteiger partial charge < -0.3 is 15.4 Å². The molecule has 1 atom stereocenters. The highest BCUT2D eigenvalue weighted by Crippen LogP contribution is 2.38. The zero-order valence-electron chi connectivity index (χ0n) is 16.3. The lowest BCUT2D eigenvalue weighted by Gasteiger charge is -2.11. The SMILES string of the molecule is CCCCCCNCc1ccc2[nH]c(-c3ccc(Cl)c4c3C(O)NC4)cc2c1. The molecule has 1 aromatic heterocycles. The number of H-pyrrole nitrogens is 1. The van der Waals surface area contributed by atoms with Crippen LogP contribution in [0.15, 0.2) is 36.4 Å². The van der Waals surface area contributed by atoms with Gasteiger partial charge in [0.25, 0.3) is 0 Å². The largest absolute Gasteiger partial charge is 0.374 e. The maximum absolute atomic E-state index is 10.3. The van der Waals surface area contributed by atoms with Gasteiger partial charge in [0.1, 0.15) is 6.23 Å². The van der Waals surface area contributed by atoms with Crippen LogP contribution in [0.25, 0.3) is 22.2 Å². The molecule has 3 aromatic rings. The molecule has 5 heteroatoms. The minimum atomic E-state index is -0.678. The molecule has 0 amide bonds. The summed E-state index contributed by atoms with van der Waals surface area (Å²) in [5.41, 5.74) is 6.27.